The lowest BCUT2D eigenvalue weighted by atomic mass is 10.1. The number of nitrogens with two attached hydrogens (primary N) is 1. The Labute approximate surface area is 105 Å². The number of hydrogen-bond acceptors (Lipinski definition) is 2. The van der Waals surface area contributed by atoms with Gasteiger partial charge in [-0.3, -0.25) is 4.79 Å². The van der Waals surface area contributed by atoms with E-state index in [1.165, 1.54) is 17.0 Å². The molecule has 0 unspecified atom stereocenters. The lowest BCUT2D eigenvalue weighted by Crippen LogP contribution is -2.49. The summed E-state index contributed by atoms with van der Waals surface area (Å²) in [7, 11) is 1.57. The van der Waals surface area contributed by atoms with E-state index in [2.05, 4.69) is 0 Å². The van der Waals surface area contributed by atoms with Crippen molar-refractivity contribution < 1.29 is 9.18 Å². The highest BCUT2D eigenvalue weighted by Crippen LogP contribution is 2.21. The minimum Gasteiger partial charge on any atom is -0.340 e. The van der Waals surface area contributed by atoms with Gasteiger partial charge < -0.3 is 10.6 Å². The zero-order chi connectivity index (χ0) is 13.2. The summed E-state index contributed by atoms with van der Waals surface area (Å²) < 4.78 is 13.5. The molecule has 0 aliphatic carbocycles. The molecule has 0 radical (unpaired) electrons. The molecule has 1 aromatic carbocycles. The van der Waals surface area contributed by atoms with E-state index in [4.69, 9.17) is 17.3 Å². The van der Waals surface area contributed by atoms with Crippen LogP contribution in [0.1, 0.15) is 19.4 Å². The van der Waals surface area contributed by atoms with Gasteiger partial charge in [-0.2, -0.15) is 0 Å². The van der Waals surface area contributed by atoms with Crippen LogP contribution in [0.3, 0.4) is 0 Å². The molecule has 2 N–H and O–H groups in total. The Morgan fingerprint density at radius 2 is 2.12 bits per heavy atom. The normalized spacial score (nSPS) is 11.4. The van der Waals surface area contributed by atoms with Gasteiger partial charge in [-0.25, -0.2) is 4.39 Å². The average Bonchev–Trinajstić information content (AvgIpc) is 2.21. The monoisotopic (exact) mass is 258 g/mol. The van der Waals surface area contributed by atoms with E-state index in [1.807, 2.05) is 0 Å². The molecule has 0 spiro atoms. The molecule has 0 aliphatic rings. The van der Waals surface area contributed by atoms with Gasteiger partial charge in [0.05, 0.1) is 5.54 Å². The molecule has 0 aromatic heterocycles. The highest BCUT2D eigenvalue weighted by molar-refractivity contribution is 6.31. The fourth-order valence-corrected chi connectivity index (χ4v) is 1.71. The van der Waals surface area contributed by atoms with Gasteiger partial charge in [-0.05, 0) is 26.0 Å². The topological polar surface area (TPSA) is 46.3 Å². The molecule has 0 heterocycles. The molecule has 0 saturated heterocycles. The van der Waals surface area contributed by atoms with Crippen molar-refractivity contribution >= 4 is 17.5 Å². The summed E-state index contributed by atoms with van der Waals surface area (Å²) in [6.07, 6.45) is 0. The van der Waals surface area contributed by atoms with E-state index in [1.54, 1.807) is 27.0 Å². The molecule has 5 heteroatoms. The van der Waals surface area contributed by atoms with E-state index < -0.39 is 11.4 Å². The van der Waals surface area contributed by atoms with Crippen molar-refractivity contribution in [2.24, 2.45) is 5.73 Å². The third-order valence-electron chi connectivity index (χ3n) is 2.35. The van der Waals surface area contributed by atoms with Crippen molar-refractivity contribution in [3.05, 3.63) is 34.6 Å². The summed E-state index contributed by atoms with van der Waals surface area (Å²) in [5.41, 5.74) is 5.01. The maximum Gasteiger partial charge on any atom is 0.242 e. The highest BCUT2D eigenvalue weighted by Gasteiger charge is 2.26. The van der Waals surface area contributed by atoms with E-state index in [9.17, 15) is 9.18 Å². The predicted octanol–water partition coefficient (Wildman–Crippen LogP) is 2.17. The molecule has 0 saturated carbocycles. The predicted molar refractivity (Wildman–Crippen MR) is 66.2 cm³/mol. The second-order valence-corrected chi connectivity index (χ2v) is 4.99. The molecule has 1 rings (SSSR count). The molecule has 1 amide bonds. The van der Waals surface area contributed by atoms with Gasteiger partial charge >= 0.3 is 0 Å². The number of carbonyl (C=O) groups is 1. The van der Waals surface area contributed by atoms with Gasteiger partial charge in [-0.1, -0.05) is 17.7 Å². The fraction of sp³-hybridized carbons (Fsp3) is 0.417. The minimum absolute atomic E-state index is 0.102. The van der Waals surface area contributed by atoms with Crippen LogP contribution in [-0.2, 0) is 11.3 Å². The van der Waals surface area contributed by atoms with E-state index in [-0.39, 0.29) is 12.5 Å². The Morgan fingerprint density at radius 3 is 2.59 bits per heavy atom. The molecule has 3 nitrogen and oxygen atoms in total. The van der Waals surface area contributed by atoms with E-state index in [0.29, 0.717) is 10.6 Å². The van der Waals surface area contributed by atoms with Crippen LogP contribution in [0.2, 0.25) is 5.02 Å². The van der Waals surface area contributed by atoms with Crippen molar-refractivity contribution in [1.29, 1.82) is 0 Å². The first-order valence-electron chi connectivity index (χ1n) is 5.21. The van der Waals surface area contributed by atoms with E-state index in [0.717, 1.165) is 0 Å². The Bertz CT molecular complexity index is 409. The molecule has 0 bridgehead atoms. The first-order chi connectivity index (χ1) is 7.73. The molecule has 94 valence electrons. The zero-order valence-corrected chi connectivity index (χ0v) is 10.9. The van der Waals surface area contributed by atoms with Crippen LogP contribution in [0.25, 0.3) is 0 Å². The third kappa shape index (κ3) is 3.41. The number of carbonyl (C=O) groups excluding carboxylic acids is 1. The Kier molecular flexibility index (Phi) is 4.11. The number of hydrogen-bond donors (Lipinski definition) is 1. The van der Waals surface area contributed by atoms with Crippen molar-refractivity contribution in [3.63, 3.8) is 0 Å². The maximum absolute atomic E-state index is 13.5. The second-order valence-electron chi connectivity index (χ2n) is 4.58. The summed E-state index contributed by atoms with van der Waals surface area (Å²) >= 11 is 5.88. The minimum atomic E-state index is -0.980. The number of likely N-dealkylation sites (N-methyl/N-ethyl adjacent to an activating group) is 1. The molecule has 17 heavy (non-hydrogen) atoms. The van der Waals surface area contributed by atoms with Gasteiger partial charge in [0, 0.05) is 24.2 Å². The van der Waals surface area contributed by atoms with Gasteiger partial charge in [0.25, 0.3) is 0 Å². The van der Waals surface area contributed by atoms with Gasteiger partial charge in [-0.15, -0.1) is 0 Å². The van der Waals surface area contributed by atoms with Crippen LogP contribution in [0.5, 0.6) is 0 Å². The Balaban J connectivity index is 2.89. The first-order valence-corrected chi connectivity index (χ1v) is 5.58. The quantitative estimate of drug-likeness (QED) is 0.903. The largest absolute Gasteiger partial charge is 0.340 e. The van der Waals surface area contributed by atoms with Gasteiger partial charge in [0.2, 0.25) is 5.91 Å². The lowest BCUT2D eigenvalue weighted by Gasteiger charge is -2.26. The lowest BCUT2D eigenvalue weighted by molar-refractivity contribution is -0.135. The third-order valence-corrected chi connectivity index (χ3v) is 2.71. The fourth-order valence-electron chi connectivity index (χ4n) is 1.48. The second kappa shape index (κ2) is 5.02. The number of benzene rings is 1. The molecular formula is C12H16ClFN2O. The van der Waals surface area contributed by atoms with E-state index >= 15 is 0 Å². The Morgan fingerprint density at radius 1 is 1.53 bits per heavy atom. The number of halogens is 2. The van der Waals surface area contributed by atoms with Crippen LogP contribution in [0.4, 0.5) is 4.39 Å². The number of amides is 1. The summed E-state index contributed by atoms with van der Waals surface area (Å²) in [6, 6.07) is 4.43. The van der Waals surface area contributed by atoms with Gasteiger partial charge in [0.15, 0.2) is 0 Å². The number of nitrogens with zero attached hydrogens (tertiary/aromatic N) is 1. The molecule has 1 aromatic rings. The maximum atomic E-state index is 13.5. The van der Waals surface area contributed by atoms with Crippen LogP contribution in [0.15, 0.2) is 18.2 Å². The van der Waals surface area contributed by atoms with Crippen LogP contribution >= 0.6 is 11.6 Å². The van der Waals surface area contributed by atoms with Crippen LogP contribution < -0.4 is 5.73 Å². The van der Waals surface area contributed by atoms with Crippen LogP contribution in [-0.4, -0.2) is 23.4 Å². The van der Waals surface area contributed by atoms with Gasteiger partial charge in [0.1, 0.15) is 5.82 Å². The molecule has 0 aliphatic heterocycles. The summed E-state index contributed by atoms with van der Waals surface area (Å²) in [4.78, 5) is 13.2. The van der Waals surface area contributed by atoms with Crippen LogP contribution in [0, 0.1) is 5.82 Å². The van der Waals surface area contributed by atoms with Crippen molar-refractivity contribution in [2.45, 2.75) is 25.9 Å². The van der Waals surface area contributed by atoms with Crippen molar-refractivity contribution in [1.82, 2.24) is 4.90 Å². The van der Waals surface area contributed by atoms with Crippen molar-refractivity contribution in [3.8, 4) is 0 Å². The average molecular weight is 259 g/mol. The molecule has 0 fully saturated rings. The highest BCUT2D eigenvalue weighted by atomic mass is 35.5. The summed E-state index contributed by atoms with van der Waals surface area (Å²) in [5.74, 6) is -0.691. The van der Waals surface area contributed by atoms with Crippen molar-refractivity contribution in [2.75, 3.05) is 7.05 Å². The standard InChI is InChI=1S/C12H16ClFN2O/c1-12(2,15)11(17)16(3)7-8-9(13)5-4-6-10(8)14/h4-6H,7,15H2,1-3H3. The summed E-state index contributed by atoms with van der Waals surface area (Å²) in [5, 5.41) is 0.305. The first kappa shape index (κ1) is 13.9. The molecular weight excluding hydrogens is 243 g/mol. The molecule has 0 atom stereocenters. The number of rotatable bonds is 3. The SMILES string of the molecule is CN(Cc1c(F)cccc1Cl)C(=O)C(C)(C)N. The Hall–Kier alpha value is -1.13. The summed E-state index contributed by atoms with van der Waals surface area (Å²) in [6.45, 7) is 3.31. The smallest absolute Gasteiger partial charge is 0.242 e. The zero-order valence-electron chi connectivity index (χ0n) is 10.1.